The van der Waals surface area contributed by atoms with Crippen molar-refractivity contribution in [1.29, 1.82) is 0 Å². The van der Waals surface area contributed by atoms with Gasteiger partial charge in [-0.1, -0.05) is 44.2 Å². The second-order valence-electron chi connectivity index (χ2n) is 9.62. The van der Waals surface area contributed by atoms with Crippen molar-refractivity contribution in [2.75, 3.05) is 30.3 Å². The van der Waals surface area contributed by atoms with E-state index in [1.807, 2.05) is 0 Å². The number of benzene rings is 1. The molecular weight excluding hydrogens is 398 g/mol. The molecule has 2 aliphatic heterocycles. The number of aromatic nitrogens is 2. The van der Waals surface area contributed by atoms with E-state index in [-0.39, 0.29) is 5.54 Å². The second-order valence-corrected chi connectivity index (χ2v) is 9.62. The van der Waals surface area contributed by atoms with Crippen LogP contribution in [0.3, 0.4) is 0 Å². The number of nitrogens with zero attached hydrogens (tertiary/aromatic N) is 4. The van der Waals surface area contributed by atoms with E-state index in [1.165, 1.54) is 37.1 Å². The monoisotopic (exact) mass is 435 g/mol. The maximum Gasteiger partial charge on any atom is 0.320 e. The van der Waals surface area contributed by atoms with E-state index in [9.17, 15) is 0 Å². The highest BCUT2D eigenvalue weighted by atomic mass is 16.5. The summed E-state index contributed by atoms with van der Waals surface area (Å²) in [6.45, 7) is 15.7. The lowest BCUT2D eigenvalue weighted by Crippen LogP contribution is -2.49. The summed E-state index contributed by atoms with van der Waals surface area (Å²) in [6.07, 6.45) is 5.34. The molecule has 1 fully saturated rings. The summed E-state index contributed by atoms with van der Waals surface area (Å²) < 4.78 is 5.82. The lowest BCUT2D eigenvalue weighted by Gasteiger charge is -2.45. The van der Waals surface area contributed by atoms with Crippen molar-refractivity contribution in [2.45, 2.75) is 71.5 Å². The molecule has 2 N–H and O–H groups in total. The number of likely N-dealkylation sites (tertiary alicyclic amines) is 1. The van der Waals surface area contributed by atoms with Gasteiger partial charge in [0.25, 0.3) is 0 Å². The van der Waals surface area contributed by atoms with E-state index in [0.29, 0.717) is 24.9 Å². The lowest BCUT2D eigenvalue weighted by molar-refractivity contribution is 0.285. The summed E-state index contributed by atoms with van der Waals surface area (Å²) in [5, 5.41) is 0. The van der Waals surface area contributed by atoms with Crippen LogP contribution in [0.1, 0.15) is 63.1 Å². The number of hydrogen-bond donors (Lipinski definition) is 1. The van der Waals surface area contributed by atoms with Gasteiger partial charge in [-0.15, -0.1) is 0 Å². The lowest BCUT2D eigenvalue weighted by atomic mass is 9.84. The molecule has 1 saturated heterocycles. The Morgan fingerprint density at radius 2 is 1.84 bits per heavy atom. The number of fused-ring (bicyclic) bond motifs is 1. The van der Waals surface area contributed by atoms with Gasteiger partial charge in [-0.25, -0.2) is 0 Å². The Kier molecular flexibility index (Phi) is 6.70. The summed E-state index contributed by atoms with van der Waals surface area (Å²) in [7, 11) is 0. The minimum atomic E-state index is -0.251. The number of hydrogen-bond acceptors (Lipinski definition) is 6. The van der Waals surface area contributed by atoms with E-state index in [2.05, 4.69) is 66.4 Å². The Morgan fingerprint density at radius 1 is 1.12 bits per heavy atom. The van der Waals surface area contributed by atoms with E-state index in [4.69, 9.17) is 15.5 Å². The Labute approximate surface area is 192 Å². The molecule has 2 aliphatic rings. The molecule has 0 radical (unpaired) electrons. The molecule has 172 valence electrons. The Bertz CT molecular complexity index is 965. The summed E-state index contributed by atoms with van der Waals surface area (Å²) in [5.41, 5.74) is 10.8. The molecular formula is C26H37N5O. The van der Waals surface area contributed by atoms with Crippen molar-refractivity contribution < 1.29 is 4.74 Å². The number of rotatable bonds is 8. The molecule has 0 amide bonds. The standard InChI is InChI=1S/C26H37N5O/c1-5-6-14-32-25-28-23(27)22-15-19(2)26(3,4)31(24(22)29-25)18-21-11-9-10-20(16-21)17-30-12-7-8-13-30/h9-11,16H,2,5-8,12-15,17-18H2,1,3-4H3,(H2,27,28,29). The molecule has 4 rings (SSSR count). The zero-order valence-electron chi connectivity index (χ0n) is 19.9. The molecule has 2 aromatic rings. The number of ether oxygens (including phenoxy) is 1. The first-order chi connectivity index (χ1) is 15.4. The van der Waals surface area contributed by atoms with E-state index in [0.717, 1.165) is 42.9 Å². The van der Waals surface area contributed by atoms with Crippen LogP contribution in [0.5, 0.6) is 6.01 Å². The average Bonchev–Trinajstić information content (AvgIpc) is 3.26. The predicted molar refractivity (Wildman–Crippen MR) is 131 cm³/mol. The zero-order chi connectivity index (χ0) is 22.7. The molecule has 1 aromatic carbocycles. The summed E-state index contributed by atoms with van der Waals surface area (Å²) in [4.78, 5) is 14.1. The van der Waals surface area contributed by atoms with Crippen LogP contribution in [-0.2, 0) is 19.5 Å². The smallest absolute Gasteiger partial charge is 0.320 e. The molecule has 0 saturated carbocycles. The molecule has 0 bridgehead atoms. The molecule has 32 heavy (non-hydrogen) atoms. The van der Waals surface area contributed by atoms with Crippen molar-refractivity contribution in [3.05, 3.63) is 53.1 Å². The van der Waals surface area contributed by atoms with Crippen molar-refractivity contribution in [1.82, 2.24) is 14.9 Å². The van der Waals surface area contributed by atoms with Crippen LogP contribution in [0.15, 0.2) is 36.4 Å². The first kappa shape index (κ1) is 22.6. The maximum absolute atomic E-state index is 6.36. The van der Waals surface area contributed by atoms with Gasteiger partial charge in [0, 0.05) is 25.1 Å². The van der Waals surface area contributed by atoms with Crippen molar-refractivity contribution in [3.8, 4) is 6.01 Å². The minimum Gasteiger partial charge on any atom is -0.463 e. The number of nitrogen functional groups attached to an aromatic ring is 1. The quantitative estimate of drug-likeness (QED) is 0.478. The molecule has 0 spiro atoms. The summed E-state index contributed by atoms with van der Waals surface area (Å²) in [5.74, 6) is 1.36. The van der Waals surface area contributed by atoms with E-state index in [1.54, 1.807) is 0 Å². The third kappa shape index (κ3) is 4.75. The molecule has 6 heteroatoms. The van der Waals surface area contributed by atoms with Crippen LogP contribution in [-0.4, -0.2) is 40.1 Å². The highest BCUT2D eigenvalue weighted by Gasteiger charge is 2.38. The highest BCUT2D eigenvalue weighted by Crippen LogP contribution is 2.41. The molecule has 0 unspecified atom stereocenters. The van der Waals surface area contributed by atoms with Gasteiger partial charge >= 0.3 is 6.01 Å². The van der Waals surface area contributed by atoms with Crippen LogP contribution in [0.25, 0.3) is 0 Å². The third-order valence-electron chi connectivity index (χ3n) is 6.85. The van der Waals surface area contributed by atoms with Crippen LogP contribution >= 0.6 is 0 Å². The van der Waals surface area contributed by atoms with E-state index >= 15 is 0 Å². The fraction of sp³-hybridized carbons (Fsp3) is 0.538. The van der Waals surface area contributed by atoms with Crippen LogP contribution < -0.4 is 15.4 Å². The third-order valence-corrected chi connectivity index (χ3v) is 6.85. The molecule has 0 atom stereocenters. The zero-order valence-corrected chi connectivity index (χ0v) is 19.9. The largest absolute Gasteiger partial charge is 0.463 e. The minimum absolute atomic E-state index is 0.251. The second kappa shape index (κ2) is 9.49. The van der Waals surface area contributed by atoms with Crippen LogP contribution in [0.2, 0.25) is 0 Å². The van der Waals surface area contributed by atoms with Gasteiger partial charge < -0.3 is 15.4 Å². The van der Waals surface area contributed by atoms with Gasteiger partial charge in [0.2, 0.25) is 0 Å². The van der Waals surface area contributed by atoms with Gasteiger partial charge in [-0.2, -0.15) is 9.97 Å². The summed E-state index contributed by atoms with van der Waals surface area (Å²) in [6, 6.07) is 9.29. The van der Waals surface area contributed by atoms with Crippen molar-refractivity contribution in [2.24, 2.45) is 0 Å². The Hall–Kier alpha value is -2.60. The highest BCUT2D eigenvalue weighted by molar-refractivity contribution is 5.65. The van der Waals surface area contributed by atoms with Gasteiger partial charge in [0.15, 0.2) is 0 Å². The normalized spacial score (nSPS) is 18.1. The SMILES string of the molecule is C=C1Cc2c(N)nc(OCCCC)nc2N(Cc2cccc(CN3CCCC3)c2)C1(C)C. The molecule has 1 aromatic heterocycles. The number of anilines is 2. The average molecular weight is 436 g/mol. The molecule has 3 heterocycles. The Balaban J connectivity index is 1.63. The van der Waals surface area contributed by atoms with Crippen LogP contribution in [0.4, 0.5) is 11.6 Å². The molecule has 6 nitrogen and oxygen atoms in total. The van der Waals surface area contributed by atoms with Crippen molar-refractivity contribution >= 4 is 11.6 Å². The number of unbranched alkanes of at least 4 members (excludes halogenated alkanes) is 1. The first-order valence-electron chi connectivity index (χ1n) is 11.9. The van der Waals surface area contributed by atoms with Gasteiger partial charge in [-0.3, -0.25) is 4.90 Å². The molecule has 0 aliphatic carbocycles. The van der Waals surface area contributed by atoms with Crippen molar-refractivity contribution in [3.63, 3.8) is 0 Å². The first-order valence-corrected chi connectivity index (χ1v) is 11.9. The summed E-state index contributed by atoms with van der Waals surface area (Å²) >= 11 is 0. The topological polar surface area (TPSA) is 67.5 Å². The predicted octanol–water partition coefficient (Wildman–Crippen LogP) is 4.73. The fourth-order valence-electron chi connectivity index (χ4n) is 4.60. The van der Waals surface area contributed by atoms with Gasteiger partial charge in [0.1, 0.15) is 11.6 Å². The van der Waals surface area contributed by atoms with Gasteiger partial charge in [-0.05, 0) is 62.9 Å². The van der Waals surface area contributed by atoms with Crippen LogP contribution in [0, 0.1) is 0 Å². The fourth-order valence-corrected chi connectivity index (χ4v) is 4.60. The van der Waals surface area contributed by atoms with E-state index < -0.39 is 0 Å². The van der Waals surface area contributed by atoms with Gasteiger partial charge in [0.05, 0.1) is 12.1 Å². The Morgan fingerprint density at radius 3 is 2.56 bits per heavy atom. The number of nitrogens with two attached hydrogens (primary N) is 1. The maximum atomic E-state index is 6.36.